The maximum absolute atomic E-state index is 4.87. The Morgan fingerprint density at radius 3 is 1.33 bits per heavy atom. The van der Waals surface area contributed by atoms with Crippen molar-refractivity contribution in [2.45, 2.75) is 5.41 Å². The van der Waals surface area contributed by atoms with Gasteiger partial charge in [-0.15, -0.1) is 0 Å². The van der Waals surface area contributed by atoms with Crippen molar-refractivity contribution in [3.05, 3.63) is 192 Å². The van der Waals surface area contributed by atoms with Gasteiger partial charge in [0, 0.05) is 35.1 Å². The minimum Gasteiger partial charge on any atom is -0.311 e. The summed E-state index contributed by atoms with van der Waals surface area (Å²) >= 11 is 0. The molecule has 2 aromatic heterocycles. The molecule has 4 heteroatoms. The second-order valence-electron chi connectivity index (χ2n) is 11.4. The van der Waals surface area contributed by atoms with Crippen molar-refractivity contribution in [2.24, 2.45) is 0 Å². The van der Waals surface area contributed by atoms with E-state index in [0.29, 0.717) is 0 Å². The normalized spacial score (nSPS) is 13.5. The Morgan fingerprint density at radius 2 is 0.822 bits per heavy atom. The van der Waals surface area contributed by atoms with Gasteiger partial charge < -0.3 is 9.80 Å². The Balaban J connectivity index is 1.24. The lowest BCUT2D eigenvalue weighted by Crippen LogP contribution is -2.36. The predicted molar refractivity (Wildman–Crippen MR) is 182 cm³/mol. The average Bonchev–Trinajstić information content (AvgIpc) is 3.41. The lowest BCUT2D eigenvalue weighted by molar-refractivity contribution is 0.749. The summed E-state index contributed by atoms with van der Waals surface area (Å²) in [6, 6.07) is 56.1. The van der Waals surface area contributed by atoms with Gasteiger partial charge in [0.1, 0.15) is 0 Å². The molecule has 0 saturated carbocycles. The van der Waals surface area contributed by atoms with Crippen molar-refractivity contribution >= 4 is 34.1 Å². The molecule has 0 atom stereocenters. The number of hydrogen-bond donors (Lipinski definition) is 0. The van der Waals surface area contributed by atoms with E-state index in [-0.39, 0.29) is 0 Å². The van der Waals surface area contributed by atoms with Gasteiger partial charge in [-0.05, 0) is 95.1 Å². The van der Waals surface area contributed by atoms with Gasteiger partial charge in [0.15, 0.2) is 0 Å². The van der Waals surface area contributed by atoms with Crippen LogP contribution in [0.4, 0.5) is 34.1 Å². The standard InChI is InChI=1S/C41H28N4/c1-3-13-29(14-4-1)44(30-15-5-2-6-16-30)31-23-25-32(26-24-31)45-37-21-9-7-17-33(37)41(34-18-8-10-22-38(34)45)35-19-11-27-42-39(35)40-36(41)20-12-28-43-40/h1-28H. The zero-order chi connectivity index (χ0) is 29.8. The summed E-state index contributed by atoms with van der Waals surface area (Å²) in [6.45, 7) is 0. The third-order valence-corrected chi connectivity index (χ3v) is 9.14. The first kappa shape index (κ1) is 25.5. The monoisotopic (exact) mass is 576 g/mol. The summed E-state index contributed by atoms with van der Waals surface area (Å²) in [5.74, 6) is 0. The molecule has 1 spiro atoms. The Kier molecular flexibility index (Phi) is 5.69. The van der Waals surface area contributed by atoms with E-state index >= 15 is 0 Å². The zero-order valence-electron chi connectivity index (χ0n) is 24.5. The maximum Gasteiger partial charge on any atom is 0.0937 e. The fraction of sp³-hybridized carbons (Fsp3) is 0.0244. The SMILES string of the molecule is c1ccc(N(c2ccccc2)c2ccc(N3c4ccccc4C4(c5ccccc53)c3cccnc3-c3ncccc34)cc2)cc1. The van der Waals surface area contributed by atoms with Gasteiger partial charge in [-0.3, -0.25) is 9.97 Å². The molecule has 0 amide bonds. The molecule has 212 valence electrons. The Labute approximate surface area is 262 Å². The van der Waals surface area contributed by atoms with Crippen molar-refractivity contribution < 1.29 is 0 Å². The maximum atomic E-state index is 4.87. The quantitative estimate of drug-likeness (QED) is 0.209. The summed E-state index contributed by atoms with van der Waals surface area (Å²) in [4.78, 5) is 14.4. The van der Waals surface area contributed by atoms with Gasteiger partial charge >= 0.3 is 0 Å². The van der Waals surface area contributed by atoms with Gasteiger partial charge in [0.2, 0.25) is 0 Å². The third-order valence-electron chi connectivity index (χ3n) is 9.14. The van der Waals surface area contributed by atoms with E-state index in [9.17, 15) is 0 Å². The highest BCUT2D eigenvalue weighted by atomic mass is 15.2. The number of aromatic nitrogens is 2. The van der Waals surface area contributed by atoms with Crippen molar-refractivity contribution in [1.82, 2.24) is 9.97 Å². The lowest BCUT2D eigenvalue weighted by Gasteiger charge is -2.44. The van der Waals surface area contributed by atoms with Crippen molar-refractivity contribution in [2.75, 3.05) is 9.80 Å². The second-order valence-corrected chi connectivity index (χ2v) is 11.4. The van der Waals surface area contributed by atoms with Gasteiger partial charge in [-0.2, -0.15) is 0 Å². The van der Waals surface area contributed by atoms with Crippen LogP contribution in [0.15, 0.2) is 170 Å². The largest absolute Gasteiger partial charge is 0.311 e. The fourth-order valence-electron chi connectivity index (χ4n) is 7.40. The molecule has 4 nitrogen and oxygen atoms in total. The van der Waals surface area contributed by atoms with Crippen LogP contribution in [0, 0.1) is 0 Å². The van der Waals surface area contributed by atoms with E-state index < -0.39 is 5.41 Å². The van der Waals surface area contributed by atoms with Crippen LogP contribution in [0.5, 0.6) is 0 Å². The number of nitrogens with zero attached hydrogens (tertiary/aromatic N) is 4. The molecule has 5 aromatic carbocycles. The molecule has 3 heterocycles. The van der Waals surface area contributed by atoms with E-state index in [1.807, 2.05) is 24.5 Å². The molecule has 1 aliphatic carbocycles. The minimum atomic E-state index is -0.520. The molecule has 7 aromatic rings. The van der Waals surface area contributed by atoms with Crippen molar-refractivity contribution in [3.8, 4) is 11.4 Å². The molecule has 0 fully saturated rings. The summed E-state index contributed by atoms with van der Waals surface area (Å²) in [5.41, 5.74) is 12.9. The van der Waals surface area contributed by atoms with Crippen LogP contribution in [0.1, 0.15) is 22.3 Å². The molecule has 0 radical (unpaired) electrons. The molecule has 0 unspecified atom stereocenters. The first-order chi connectivity index (χ1) is 22.4. The van der Waals surface area contributed by atoms with Gasteiger partial charge in [-0.1, -0.05) is 84.9 Å². The highest BCUT2D eigenvalue weighted by Gasteiger charge is 2.52. The minimum absolute atomic E-state index is 0.520. The van der Waals surface area contributed by atoms with E-state index in [2.05, 4.69) is 155 Å². The molecule has 45 heavy (non-hydrogen) atoms. The zero-order valence-corrected chi connectivity index (χ0v) is 24.5. The van der Waals surface area contributed by atoms with E-state index in [4.69, 9.17) is 9.97 Å². The lowest BCUT2D eigenvalue weighted by atomic mass is 9.65. The Morgan fingerprint density at radius 1 is 0.400 bits per heavy atom. The van der Waals surface area contributed by atoms with E-state index in [1.165, 1.54) is 22.3 Å². The average molecular weight is 577 g/mol. The number of anilines is 6. The van der Waals surface area contributed by atoms with Crippen LogP contribution in [-0.2, 0) is 5.41 Å². The number of rotatable bonds is 4. The molecule has 2 aliphatic rings. The summed E-state index contributed by atoms with van der Waals surface area (Å²) in [7, 11) is 0. The van der Waals surface area contributed by atoms with Crippen molar-refractivity contribution in [3.63, 3.8) is 0 Å². The summed E-state index contributed by atoms with van der Waals surface area (Å²) in [5, 5.41) is 0. The second kappa shape index (κ2) is 10.0. The van der Waals surface area contributed by atoms with Crippen LogP contribution in [0.25, 0.3) is 11.4 Å². The molecule has 0 saturated heterocycles. The molecular formula is C41H28N4. The molecule has 1 aliphatic heterocycles. The number of fused-ring (bicyclic) bond motifs is 9. The summed E-state index contributed by atoms with van der Waals surface area (Å²) < 4.78 is 0. The van der Waals surface area contributed by atoms with Gasteiger partial charge in [0.25, 0.3) is 0 Å². The fourth-order valence-corrected chi connectivity index (χ4v) is 7.40. The Hall–Kier alpha value is -6.00. The number of pyridine rings is 2. The van der Waals surface area contributed by atoms with E-state index in [1.54, 1.807) is 0 Å². The van der Waals surface area contributed by atoms with Gasteiger partial charge in [0.05, 0.1) is 28.2 Å². The first-order valence-corrected chi connectivity index (χ1v) is 15.3. The third kappa shape index (κ3) is 3.66. The Bertz CT molecular complexity index is 2040. The number of para-hydroxylation sites is 4. The molecular weight excluding hydrogens is 548 g/mol. The molecule has 0 bridgehead atoms. The molecule has 0 N–H and O–H groups in total. The van der Waals surface area contributed by atoms with Crippen LogP contribution in [0.3, 0.4) is 0 Å². The highest BCUT2D eigenvalue weighted by molar-refractivity contribution is 5.94. The van der Waals surface area contributed by atoms with Crippen LogP contribution < -0.4 is 9.80 Å². The number of benzene rings is 5. The number of hydrogen-bond acceptors (Lipinski definition) is 4. The highest BCUT2D eigenvalue weighted by Crippen LogP contribution is 2.62. The van der Waals surface area contributed by atoms with Crippen LogP contribution >= 0.6 is 0 Å². The van der Waals surface area contributed by atoms with E-state index in [0.717, 1.165) is 45.5 Å². The van der Waals surface area contributed by atoms with Crippen molar-refractivity contribution in [1.29, 1.82) is 0 Å². The molecule has 9 rings (SSSR count). The predicted octanol–water partition coefficient (Wildman–Crippen LogP) is 10.1. The van der Waals surface area contributed by atoms with Crippen LogP contribution in [0.2, 0.25) is 0 Å². The smallest absolute Gasteiger partial charge is 0.0937 e. The van der Waals surface area contributed by atoms with Gasteiger partial charge in [-0.25, -0.2) is 0 Å². The summed E-state index contributed by atoms with van der Waals surface area (Å²) in [6.07, 6.45) is 3.75. The van der Waals surface area contributed by atoms with Crippen LogP contribution in [-0.4, -0.2) is 9.97 Å². The topological polar surface area (TPSA) is 32.3 Å². The first-order valence-electron chi connectivity index (χ1n) is 15.3.